The Morgan fingerprint density at radius 2 is 1.80 bits per heavy atom. The second-order valence-electron chi connectivity index (χ2n) is 2.88. The molecular weight excluding hydrogens is 226 g/mol. The van der Waals surface area contributed by atoms with Gasteiger partial charge in [0.1, 0.15) is 0 Å². The number of rotatable bonds is 7. The van der Waals surface area contributed by atoms with Gasteiger partial charge in [0.15, 0.2) is 0 Å². The number of nitrogens with one attached hydrogen (secondary N) is 1. The summed E-state index contributed by atoms with van der Waals surface area (Å²) in [5.41, 5.74) is 0. The zero-order valence-electron chi connectivity index (χ0n) is 7.97. The molecule has 1 amide bonds. The fourth-order valence-corrected chi connectivity index (χ4v) is 1.30. The first-order valence-corrected chi connectivity index (χ1v) is 5.86. The number of hydrogen-bond donors (Lipinski definition) is 3. The molecule has 0 radical (unpaired) electrons. The van der Waals surface area contributed by atoms with Crippen LogP contribution in [0.25, 0.3) is 0 Å². The monoisotopic (exact) mass is 239 g/mol. The quantitative estimate of drug-likeness (QED) is 0.397. The van der Waals surface area contributed by atoms with Gasteiger partial charge in [-0.2, -0.15) is 8.42 Å². The molecule has 0 fully saturated rings. The highest BCUT2D eigenvalue weighted by molar-refractivity contribution is 7.85. The standard InChI is InChI=1S/C7H13NO6S/c9-6(2-3-7(10)11)8-4-1-5-15(12,13)14/h1-5H2,(H,8,9)(H,10,11)(H,12,13,14). The third kappa shape index (κ3) is 10.8. The highest BCUT2D eigenvalue weighted by Gasteiger charge is 2.06. The van der Waals surface area contributed by atoms with Gasteiger partial charge in [-0.1, -0.05) is 0 Å². The Bertz CT molecular complexity index is 322. The molecule has 0 rings (SSSR count). The highest BCUT2D eigenvalue weighted by Crippen LogP contribution is 1.90. The lowest BCUT2D eigenvalue weighted by Gasteiger charge is -2.02. The van der Waals surface area contributed by atoms with Crippen molar-refractivity contribution < 1.29 is 27.7 Å². The van der Waals surface area contributed by atoms with Gasteiger partial charge in [-0.3, -0.25) is 14.1 Å². The Labute approximate surface area is 87.2 Å². The van der Waals surface area contributed by atoms with Crippen LogP contribution in [0.15, 0.2) is 0 Å². The van der Waals surface area contributed by atoms with Gasteiger partial charge in [-0.15, -0.1) is 0 Å². The van der Waals surface area contributed by atoms with E-state index in [0.29, 0.717) is 0 Å². The lowest BCUT2D eigenvalue weighted by Crippen LogP contribution is -2.26. The third-order valence-electron chi connectivity index (χ3n) is 1.47. The smallest absolute Gasteiger partial charge is 0.303 e. The van der Waals surface area contributed by atoms with Crippen molar-refractivity contribution in [3.05, 3.63) is 0 Å². The van der Waals surface area contributed by atoms with Gasteiger partial charge >= 0.3 is 5.97 Å². The largest absolute Gasteiger partial charge is 0.481 e. The van der Waals surface area contributed by atoms with Crippen LogP contribution in [0.3, 0.4) is 0 Å². The van der Waals surface area contributed by atoms with Crippen molar-refractivity contribution in [2.75, 3.05) is 12.3 Å². The van der Waals surface area contributed by atoms with Crippen molar-refractivity contribution >= 4 is 22.0 Å². The maximum atomic E-state index is 10.9. The lowest BCUT2D eigenvalue weighted by atomic mass is 10.3. The summed E-state index contributed by atoms with van der Waals surface area (Å²) in [4.78, 5) is 21.0. The van der Waals surface area contributed by atoms with Crippen molar-refractivity contribution in [3.8, 4) is 0 Å². The molecule has 0 atom stereocenters. The molecule has 0 aliphatic heterocycles. The molecule has 15 heavy (non-hydrogen) atoms. The van der Waals surface area contributed by atoms with Crippen LogP contribution >= 0.6 is 0 Å². The summed E-state index contributed by atoms with van der Waals surface area (Å²) in [7, 11) is -3.99. The van der Waals surface area contributed by atoms with Gasteiger partial charge in [0.05, 0.1) is 12.2 Å². The molecule has 7 nitrogen and oxygen atoms in total. The zero-order valence-corrected chi connectivity index (χ0v) is 8.79. The molecule has 0 saturated carbocycles. The van der Waals surface area contributed by atoms with Crippen molar-refractivity contribution in [1.82, 2.24) is 5.32 Å². The second-order valence-corrected chi connectivity index (χ2v) is 4.46. The predicted molar refractivity (Wildman–Crippen MR) is 50.9 cm³/mol. The number of carboxylic acids is 1. The van der Waals surface area contributed by atoms with E-state index in [1.807, 2.05) is 0 Å². The van der Waals surface area contributed by atoms with Gasteiger partial charge in [0.25, 0.3) is 10.1 Å². The van der Waals surface area contributed by atoms with Crippen LogP contribution in [-0.2, 0) is 19.7 Å². The van der Waals surface area contributed by atoms with E-state index >= 15 is 0 Å². The Morgan fingerprint density at radius 3 is 2.27 bits per heavy atom. The molecule has 8 heteroatoms. The number of aliphatic carboxylic acids is 1. The Hall–Kier alpha value is -1.15. The van der Waals surface area contributed by atoms with Crippen LogP contribution < -0.4 is 5.32 Å². The summed E-state index contributed by atoms with van der Waals surface area (Å²) in [6.07, 6.45) is -0.303. The van der Waals surface area contributed by atoms with E-state index in [1.54, 1.807) is 0 Å². The summed E-state index contributed by atoms with van der Waals surface area (Å²) < 4.78 is 28.9. The van der Waals surface area contributed by atoms with Crippen LogP contribution in [0.5, 0.6) is 0 Å². The topological polar surface area (TPSA) is 121 Å². The molecule has 0 aromatic carbocycles. The van der Waals surface area contributed by atoms with E-state index in [1.165, 1.54) is 0 Å². The average molecular weight is 239 g/mol. The van der Waals surface area contributed by atoms with E-state index in [9.17, 15) is 18.0 Å². The van der Waals surface area contributed by atoms with E-state index in [2.05, 4.69) is 5.32 Å². The molecule has 0 aromatic rings. The molecule has 88 valence electrons. The molecule has 0 unspecified atom stereocenters. The summed E-state index contributed by atoms with van der Waals surface area (Å²) in [5, 5.41) is 10.6. The minimum absolute atomic E-state index is 0.0949. The van der Waals surface area contributed by atoms with Gasteiger partial charge in [-0.25, -0.2) is 0 Å². The number of carboxylic acid groups (broad SMARTS) is 1. The molecule has 0 aliphatic carbocycles. The molecule has 0 aromatic heterocycles. The minimum Gasteiger partial charge on any atom is -0.481 e. The number of carbonyl (C=O) groups is 2. The first-order valence-electron chi connectivity index (χ1n) is 4.25. The zero-order chi connectivity index (χ0) is 11.9. The predicted octanol–water partition coefficient (Wildman–Crippen LogP) is -0.755. The van der Waals surface area contributed by atoms with Gasteiger partial charge in [0.2, 0.25) is 5.91 Å². The second kappa shape index (κ2) is 6.36. The van der Waals surface area contributed by atoms with Crippen molar-refractivity contribution in [2.24, 2.45) is 0 Å². The molecule has 3 N–H and O–H groups in total. The van der Waals surface area contributed by atoms with E-state index < -0.39 is 27.7 Å². The van der Waals surface area contributed by atoms with Gasteiger partial charge < -0.3 is 10.4 Å². The fourth-order valence-electron chi connectivity index (χ4n) is 0.791. The van der Waals surface area contributed by atoms with Gasteiger partial charge in [-0.05, 0) is 6.42 Å². The third-order valence-corrected chi connectivity index (χ3v) is 2.27. The Balaban J connectivity index is 3.52. The van der Waals surface area contributed by atoms with Crippen molar-refractivity contribution in [3.63, 3.8) is 0 Å². The Kier molecular flexibility index (Phi) is 5.87. The van der Waals surface area contributed by atoms with Crippen LogP contribution in [0.2, 0.25) is 0 Å². The normalized spacial score (nSPS) is 11.0. The minimum atomic E-state index is -3.99. The van der Waals surface area contributed by atoms with Crippen LogP contribution in [0.4, 0.5) is 0 Å². The molecule has 0 saturated heterocycles. The van der Waals surface area contributed by atoms with Crippen molar-refractivity contribution in [2.45, 2.75) is 19.3 Å². The van der Waals surface area contributed by atoms with Crippen LogP contribution in [-0.4, -0.2) is 42.3 Å². The summed E-state index contributed by atoms with van der Waals surface area (Å²) in [6, 6.07) is 0. The molecular formula is C7H13NO6S. The molecule has 0 aliphatic rings. The summed E-state index contributed by atoms with van der Waals surface area (Å²) in [5.74, 6) is -1.94. The maximum Gasteiger partial charge on any atom is 0.303 e. The average Bonchev–Trinajstić information content (AvgIpc) is 2.07. The van der Waals surface area contributed by atoms with E-state index in [-0.39, 0.29) is 25.8 Å². The Morgan fingerprint density at radius 1 is 1.20 bits per heavy atom. The molecule has 0 bridgehead atoms. The molecule has 0 heterocycles. The van der Waals surface area contributed by atoms with E-state index in [4.69, 9.17) is 9.66 Å². The van der Waals surface area contributed by atoms with Crippen LogP contribution in [0, 0.1) is 0 Å². The number of carbonyl (C=O) groups excluding carboxylic acids is 1. The molecule has 0 spiro atoms. The number of hydrogen-bond acceptors (Lipinski definition) is 4. The first-order chi connectivity index (χ1) is 6.81. The lowest BCUT2D eigenvalue weighted by molar-refractivity contribution is -0.138. The van der Waals surface area contributed by atoms with Crippen LogP contribution in [0.1, 0.15) is 19.3 Å². The fraction of sp³-hybridized carbons (Fsp3) is 0.714. The summed E-state index contributed by atoms with van der Waals surface area (Å²) in [6.45, 7) is 0.0955. The van der Waals surface area contributed by atoms with E-state index in [0.717, 1.165) is 0 Å². The first kappa shape index (κ1) is 13.8. The van der Waals surface area contributed by atoms with Gasteiger partial charge in [0, 0.05) is 13.0 Å². The highest BCUT2D eigenvalue weighted by atomic mass is 32.2. The SMILES string of the molecule is O=C(O)CCC(=O)NCCCS(=O)(=O)O. The van der Waals surface area contributed by atoms with Crippen molar-refractivity contribution in [1.29, 1.82) is 0 Å². The summed E-state index contributed by atoms with van der Waals surface area (Å²) >= 11 is 0. The maximum absolute atomic E-state index is 10.9. The number of amides is 1.